The van der Waals surface area contributed by atoms with Gasteiger partial charge < -0.3 is 0 Å². The van der Waals surface area contributed by atoms with E-state index >= 15 is 0 Å². The average molecular weight is 601 g/mol. The molecule has 8 aromatic carbocycles. The first-order chi connectivity index (χ1) is 22.8. The summed E-state index contributed by atoms with van der Waals surface area (Å²) in [4.78, 5) is 2.65. The highest BCUT2D eigenvalue weighted by Gasteiger charge is 2.47. The van der Waals surface area contributed by atoms with Crippen LogP contribution in [0.5, 0.6) is 0 Å². The molecule has 10 rings (SSSR count). The fraction of sp³-hybridized carbons (Fsp3) is 0.0222. The van der Waals surface area contributed by atoms with Crippen LogP contribution in [-0.2, 0) is 5.41 Å². The summed E-state index contributed by atoms with van der Waals surface area (Å²) in [6.07, 6.45) is 0. The number of hydrogen-bond donors (Lipinski definition) is 0. The summed E-state index contributed by atoms with van der Waals surface area (Å²) in [6, 6.07) is 63.4. The van der Waals surface area contributed by atoms with Gasteiger partial charge in [-0.15, -0.1) is 0 Å². The number of hydrogen-bond acceptors (Lipinski definition) is 1. The molecule has 46 heavy (non-hydrogen) atoms. The van der Waals surface area contributed by atoms with E-state index in [1.807, 2.05) is 11.8 Å². The fourth-order valence-electron chi connectivity index (χ4n) is 8.29. The smallest absolute Gasteiger partial charge is 0.0719 e. The molecule has 1 aliphatic heterocycles. The van der Waals surface area contributed by atoms with E-state index in [1.54, 1.807) is 0 Å². The van der Waals surface area contributed by atoms with E-state index in [0.717, 1.165) is 0 Å². The molecule has 214 valence electrons. The van der Waals surface area contributed by atoms with Crippen LogP contribution in [0, 0.1) is 0 Å². The molecule has 0 saturated heterocycles. The third-order valence-corrected chi connectivity index (χ3v) is 11.3. The monoisotopic (exact) mass is 600 g/mol. The van der Waals surface area contributed by atoms with Crippen LogP contribution in [0.2, 0.25) is 0 Å². The highest BCUT2D eigenvalue weighted by atomic mass is 32.2. The second-order valence-corrected chi connectivity index (χ2v) is 13.5. The second-order valence-electron chi connectivity index (χ2n) is 12.4. The van der Waals surface area contributed by atoms with Gasteiger partial charge in [-0.2, -0.15) is 0 Å². The number of rotatable bonds is 3. The van der Waals surface area contributed by atoms with Crippen LogP contribution in [-0.4, -0.2) is 0 Å². The van der Waals surface area contributed by atoms with Crippen molar-refractivity contribution in [3.8, 4) is 33.4 Å². The molecule has 1 aliphatic carbocycles. The molecule has 1 heterocycles. The molecule has 0 amide bonds. The molecule has 0 N–H and O–H groups in total. The third-order valence-electron chi connectivity index (χ3n) is 10.1. The lowest BCUT2D eigenvalue weighted by Gasteiger charge is -2.35. The molecule has 0 aromatic heterocycles. The Morgan fingerprint density at radius 3 is 2.02 bits per heavy atom. The quantitative estimate of drug-likeness (QED) is 0.194. The highest BCUT2D eigenvalue weighted by Crippen LogP contribution is 2.59. The van der Waals surface area contributed by atoms with Crippen molar-refractivity contribution in [1.29, 1.82) is 0 Å². The third kappa shape index (κ3) is 3.47. The van der Waals surface area contributed by atoms with Crippen molar-refractivity contribution in [3.05, 3.63) is 192 Å². The van der Waals surface area contributed by atoms with Crippen LogP contribution in [0.25, 0.3) is 54.9 Å². The maximum atomic E-state index is 2.48. The van der Waals surface area contributed by atoms with E-state index < -0.39 is 5.41 Å². The Morgan fingerprint density at radius 1 is 0.413 bits per heavy atom. The van der Waals surface area contributed by atoms with Gasteiger partial charge in [-0.25, -0.2) is 0 Å². The predicted octanol–water partition coefficient (Wildman–Crippen LogP) is 12.2. The fourth-order valence-corrected chi connectivity index (χ4v) is 9.42. The number of benzene rings is 8. The van der Waals surface area contributed by atoms with Crippen molar-refractivity contribution in [1.82, 2.24) is 0 Å². The Balaban J connectivity index is 1.32. The molecule has 8 aromatic rings. The Hall–Kier alpha value is -5.37. The minimum Gasteiger partial charge on any atom is -0.0888 e. The lowest BCUT2D eigenvalue weighted by molar-refractivity contribution is 0.776. The lowest BCUT2D eigenvalue weighted by atomic mass is 9.66. The maximum Gasteiger partial charge on any atom is 0.0719 e. The zero-order chi connectivity index (χ0) is 30.2. The van der Waals surface area contributed by atoms with Crippen LogP contribution in [0.3, 0.4) is 0 Å². The van der Waals surface area contributed by atoms with Crippen molar-refractivity contribution >= 4 is 33.3 Å². The van der Waals surface area contributed by atoms with Crippen molar-refractivity contribution < 1.29 is 0 Å². The van der Waals surface area contributed by atoms with Gasteiger partial charge in [0.15, 0.2) is 0 Å². The SMILES string of the molecule is c1ccc(C2(c3cccc(-c4ccc5cccc6c5c4-c4ccccc4S6)c3)c3ccccc3-c3ccc4ccccc4c32)cc1. The Bertz CT molecular complexity index is 2510. The summed E-state index contributed by atoms with van der Waals surface area (Å²) in [6.45, 7) is 0. The largest absolute Gasteiger partial charge is 0.0888 e. The molecule has 2 aliphatic rings. The summed E-state index contributed by atoms with van der Waals surface area (Å²) >= 11 is 1.88. The summed E-state index contributed by atoms with van der Waals surface area (Å²) < 4.78 is 0. The van der Waals surface area contributed by atoms with Crippen molar-refractivity contribution in [2.75, 3.05) is 0 Å². The second kappa shape index (κ2) is 9.81. The summed E-state index contributed by atoms with van der Waals surface area (Å²) in [7, 11) is 0. The van der Waals surface area contributed by atoms with Crippen LogP contribution in [0.15, 0.2) is 180 Å². The summed E-state index contributed by atoms with van der Waals surface area (Å²) in [5, 5.41) is 5.22. The molecule has 0 spiro atoms. The Morgan fingerprint density at radius 2 is 1.09 bits per heavy atom. The molecule has 0 nitrogen and oxygen atoms in total. The first kappa shape index (κ1) is 25.9. The molecule has 1 atom stereocenters. The van der Waals surface area contributed by atoms with Crippen LogP contribution >= 0.6 is 11.8 Å². The van der Waals surface area contributed by atoms with Gasteiger partial charge >= 0.3 is 0 Å². The average Bonchev–Trinajstić information content (AvgIpc) is 3.44. The Labute approximate surface area is 273 Å². The summed E-state index contributed by atoms with van der Waals surface area (Å²) in [5.41, 5.74) is 12.6. The molecular weight excluding hydrogens is 573 g/mol. The minimum absolute atomic E-state index is 0.475. The van der Waals surface area contributed by atoms with Gasteiger partial charge in [0.2, 0.25) is 0 Å². The summed E-state index contributed by atoms with van der Waals surface area (Å²) in [5.74, 6) is 0. The topological polar surface area (TPSA) is 0 Å². The van der Waals surface area contributed by atoms with E-state index in [1.165, 1.54) is 87.0 Å². The van der Waals surface area contributed by atoms with E-state index in [-0.39, 0.29) is 0 Å². The molecule has 0 radical (unpaired) electrons. The van der Waals surface area contributed by atoms with Gasteiger partial charge in [0, 0.05) is 15.2 Å². The van der Waals surface area contributed by atoms with E-state index in [4.69, 9.17) is 0 Å². The molecular formula is C45H28S. The highest BCUT2D eigenvalue weighted by molar-refractivity contribution is 7.99. The van der Waals surface area contributed by atoms with E-state index in [0.29, 0.717) is 0 Å². The Kier molecular flexibility index (Phi) is 5.53. The molecule has 0 saturated carbocycles. The van der Waals surface area contributed by atoms with E-state index in [9.17, 15) is 0 Å². The van der Waals surface area contributed by atoms with E-state index in [2.05, 4.69) is 170 Å². The van der Waals surface area contributed by atoms with Crippen molar-refractivity contribution in [2.24, 2.45) is 0 Å². The molecule has 0 fully saturated rings. The van der Waals surface area contributed by atoms with Crippen LogP contribution in [0.4, 0.5) is 0 Å². The molecule has 1 unspecified atom stereocenters. The first-order valence-electron chi connectivity index (χ1n) is 15.9. The van der Waals surface area contributed by atoms with Gasteiger partial charge in [-0.1, -0.05) is 163 Å². The van der Waals surface area contributed by atoms with Crippen LogP contribution in [0.1, 0.15) is 22.3 Å². The molecule has 0 bridgehead atoms. The van der Waals surface area contributed by atoms with Crippen molar-refractivity contribution in [3.63, 3.8) is 0 Å². The standard InChI is InChI=1S/C45H28S/c1-2-15-32(16-3-1)45(39-21-8-6-19-36(39)37-27-24-29-12-4-5-18-35(29)44(37)45)33-17-10-14-31(28-33)34-26-25-30-13-11-23-41-42(30)43(34)38-20-7-9-22-40(38)46-41/h1-28H. The zero-order valence-corrected chi connectivity index (χ0v) is 25.9. The van der Waals surface area contributed by atoms with Gasteiger partial charge in [-0.3, -0.25) is 0 Å². The maximum absolute atomic E-state index is 2.48. The first-order valence-corrected chi connectivity index (χ1v) is 16.8. The minimum atomic E-state index is -0.475. The van der Waals surface area contributed by atoms with Crippen LogP contribution < -0.4 is 0 Å². The lowest BCUT2D eigenvalue weighted by Crippen LogP contribution is -2.29. The van der Waals surface area contributed by atoms with Gasteiger partial charge in [0.05, 0.1) is 5.41 Å². The number of fused-ring (bicyclic) bond motifs is 7. The van der Waals surface area contributed by atoms with Gasteiger partial charge in [0.25, 0.3) is 0 Å². The van der Waals surface area contributed by atoms with Gasteiger partial charge in [-0.05, 0) is 90.0 Å². The zero-order valence-electron chi connectivity index (χ0n) is 25.1. The van der Waals surface area contributed by atoms with Gasteiger partial charge in [0.1, 0.15) is 0 Å². The van der Waals surface area contributed by atoms with Crippen molar-refractivity contribution in [2.45, 2.75) is 15.2 Å². The normalized spacial score (nSPS) is 15.8. The molecule has 1 heteroatoms. The predicted molar refractivity (Wildman–Crippen MR) is 194 cm³/mol.